The first-order valence-corrected chi connectivity index (χ1v) is 9.40. The monoisotopic (exact) mass is 397 g/mol. The molecule has 0 aliphatic rings. The summed E-state index contributed by atoms with van der Waals surface area (Å²) in [5, 5.41) is 0. The van der Waals surface area contributed by atoms with Gasteiger partial charge in [0.05, 0.1) is 13.7 Å². The Hall–Kier alpha value is -3.28. The molecular formula is C23H27NO5. The van der Waals surface area contributed by atoms with E-state index in [-0.39, 0.29) is 18.3 Å². The molecule has 6 heteroatoms. The summed E-state index contributed by atoms with van der Waals surface area (Å²) in [6.45, 7) is 2.62. The van der Waals surface area contributed by atoms with Gasteiger partial charge in [-0.2, -0.15) is 0 Å². The van der Waals surface area contributed by atoms with Crippen molar-refractivity contribution in [1.29, 1.82) is 0 Å². The molecule has 0 aliphatic heterocycles. The standard InChI is InChI=1S/C23H27NO5/c1-5-14-28-21-13-7-17(15-22(21)27-4)6-12-20(25)18-8-10-19(11-9-18)29-16-23(26)24(2)3/h6-13,15H,5,14,16H2,1-4H3. The molecule has 0 fully saturated rings. The van der Waals surface area contributed by atoms with Crippen molar-refractivity contribution < 1.29 is 23.8 Å². The van der Waals surface area contributed by atoms with Crippen molar-refractivity contribution in [2.75, 3.05) is 34.4 Å². The maximum Gasteiger partial charge on any atom is 0.259 e. The third-order valence-corrected chi connectivity index (χ3v) is 4.08. The highest BCUT2D eigenvalue weighted by molar-refractivity contribution is 6.06. The summed E-state index contributed by atoms with van der Waals surface area (Å²) in [6, 6.07) is 12.2. The number of amides is 1. The third-order valence-electron chi connectivity index (χ3n) is 4.08. The number of benzene rings is 2. The lowest BCUT2D eigenvalue weighted by Gasteiger charge is -2.11. The van der Waals surface area contributed by atoms with Crippen molar-refractivity contribution in [1.82, 2.24) is 4.90 Å². The lowest BCUT2D eigenvalue weighted by Crippen LogP contribution is -2.27. The van der Waals surface area contributed by atoms with Crippen LogP contribution in [0, 0.1) is 0 Å². The highest BCUT2D eigenvalue weighted by atomic mass is 16.5. The van der Waals surface area contributed by atoms with Gasteiger partial charge in [-0.15, -0.1) is 0 Å². The van der Waals surface area contributed by atoms with Crippen LogP contribution in [0.4, 0.5) is 0 Å². The summed E-state index contributed by atoms with van der Waals surface area (Å²) in [5.41, 5.74) is 1.36. The number of hydrogen-bond acceptors (Lipinski definition) is 5. The molecule has 0 saturated heterocycles. The SMILES string of the molecule is CCCOc1ccc(C=CC(=O)c2ccc(OCC(=O)N(C)C)cc2)cc1OC. The summed E-state index contributed by atoms with van der Waals surface area (Å²) in [7, 11) is 4.92. The molecule has 1 amide bonds. The van der Waals surface area contributed by atoms with Gasteiger partial charge in [-0.1, -0.05) is 19.1 Å². The van der Waals surface area contributed by atoms with Crippen LogP contribution in [0.25, 0.3) is 6.08 Å². The fraction of sp³-hybridized carbons (Fsp3) is 0.304. The van der Waals surface area contributed by atoms with Crippen molar-refractivity contribution in [3.05, 3.63) is 59.7 Å². The van der Waals surface area contributed by atoms with Gasteiger partial charge in [0, 0.05) is 19.7 Å². The molecule has 0 unspecified atom stereocenters. The Bertz CT molecular complexity index is 856. The van der Waals surface area contributed by atoms with Gasteiger partial charge in [0.2, 0.25) is 0 Å². The summed E-state index contributed by atoms with van der Waals surface area (Å²) in [4.78, 5) is 25.4. The van der Waals surface area contributed by atoms with Crippen LogP contribution in [-0.4, -0.2) is 51.0 Å². The largest absolute Gasteiger partial charge is 0.493 e. The van der Waals surface area contributed by atoms with Crippen molar-refractivity contribution in [2.24, 2.45) is 0 Å². The molecule has 0 aromatic heterocycles. The zero-order valence-electron chi connectivity index (χ0n) is 17.3. The molecule has 0 aliphatic carbocycles. The van der Waals surface area contributed by atoms with Crippen molar-refractivity contribution >= 4 is 17.8 Å². The average Bonchev–Trinajstić information content (AvgIpc) is 2.74. The minimum absolute atomic E-state index is 0.0417. The van der Waals surface area contributed by atoms with Crippen LogP contribution in [0.3, 0.4) is 0 Å². The minimum Gasteiger partial charge on any atom is -0.493 e. The van der Waals surface area contributed by atoms with E-state index in [9.17, 15) is 9.59 Å². The molecule has 0 bridgehead atoms. The number of methoxy groups -OCH3 is 1. The molecule has 154 valence electrons. The second-order valence-electron chi connectivity index (χ2n) is 6.56. The van der Waals surface area contributed by atoms with E-state index in [0.717, 1.165) is 12.0 Å². The van der Waals surface area contributed by atoms with E-state index in [1.807, 2.05) is 25.1 Å². The summed E-state index contributed by atoms with van der Waals surface area (Å²) < 4.78 is 16.4. The Morgan fingerprint density at radius 1 is 1.00 bits per heavy atom. The van der Waals surface area contributed by atoms with E-state index < -0.39 is 0 Å². The molecule has 0 spiro atoms. The Morgan fingerprint density at radius 2 is 1.72 bits per heavy atom. The van der Waals surface area contributed by atoms with Crippen molar-refractivity contribution in [2.45, 2.75) is 13.3 Å². The summed E-state index contributed by atoms with van der Waals surface area (Å²) in [6.07, 6.45) is 4.15. The molecule has 2 aromatic rings. The van der Waals surface area contributed by atoms with Crippen molar-refractivity contribution in [3.63, 3.8) is 0 Å². The first kappa shape index (κ1) is 22.0. The van der Waals surface area contributed by atoms with Gasteiger partial charge in [-0.25, -0.2) is 0 Å². The molecule has 0 saturated carbocycles. The predicted octanol–water partition coefficient (Wildman–Crippen LogP) is 3.85. The van der Waals surface area contributed by atoms with Crippen molar-refractivity contribution in [3.8, 4) is 17.2 Å². The molecule has 6 nitrogen and oxygen atoms in total. The van der Waals surface area contributed by atoms with Crippen LogP contribution in [0.5, 0.6) is 17.2 Å². The maximum absolute atomic E-state index is 12.4. The van der Waals surface area contributed by atoms with Crippen LogP contribution < -0.4 is 14.2 Å². The lowest BCUT2D eigenvalue weighted by molar-refractivity contribution is -0.130. The van der Waals surface area contributed by atoms with E-state index in [1.54, 1.807) is 51.5 Å². The van der Waals surface area contributed by atoms with E-state index >= 15 is 0 Å². The first-order valence-electron chi connectivity index (χ1n) is 9.40. The number of likely N-dealkylation sites (N-methyl/N-ethyl adjacent to an activating group) is 1. The Morgan fingerprint density at radius 3 is 2.34 bits per heavy atom. The number of allylic oxidation sites excluding steroid dienone is 1. The Labute approximate surface area is 171 Å². The summed E-state index contributed by atoms with van der Waals surface area (Å²) >= 11 is 0. The van der Waals surface area contributed by atoms with Crippen LogP contribution in [0.15, 0.2) is 48.5 Å². The van der Waals surface area contributed by atoms with Gasteiger partial charge < -0.3 is 19.1 Å². The number of carbonyl (C=O) groups excluding carboxylic acids is 2. The quantitative estimate of drug-likeness (QED) is 0.450. The zero-order valence-corrected chi connectivity index (χ0v) is 17.3. The zero-order chi connectivity index (χ0) is 21.2. The van der Waals surface area contributed by atoms with Crippen LogP contribution in [0.1, 0.15) is 29.3 Å². The number of nitrogens with zero attached hydrogens (tertiary/aromatic N) is 1. The van der Waals surface area contributed by atoms with Gasteiger partial charge in [0.25, 0.3) is 5.91 Å². The van der Waals surface area contributed by atoms with E-state index in [2.05, 4.69) is 0 Å². The molecule has 0 N–H and O–H groups in total. The molecule has 0 radical (unpaired) electrons. The molecule has 2 rings (SSSR count). The van der Waals surface area contributed by atoms with Gasteiger partial charge in [0.1, 0.15) is 5.75 Å². The lowest BCUT2D eigenvalue weighted by atomic mass is 10.1. The Balaban J connectivity index is 2.00. The van der Waals surface area contributed by atoms with Crippen LogP contribution in [-0.2, 0) is 4.79 Å². The van der Waals surface area contributed by atoms with Gasteiger partial charge >= 0.3 is 0 Å². The summed E-state index contributed by atoms with van der Waals surface area (Å²) in [5.74, 6) is 1.58. The second kappa shape index (κ2) is 10.9. The van der Waals surface area contributed by atoms with E-state index in [0.29, 0.717) is 29.4 Å². The second-order valence-corrected chi connectivity index (χ2v) is 6.56. The number of ketones is 1. The molecule has 0 heterocycles. The normalized spacial score (nSPS) is 10.6. The average molecular weight is 397 g/mol. The third kappa shape index (κ3) is 6.68. The van der Waals surface area contributed by atoms with E-state index in [4.69, 9.17) is 14.2 Å². The van der Waals surface area contributed by atoms with Crippen LogP contribution >= 0.6 is 0 Å². The molecular weight excluding hydrogens is 370 g/mol. The van der Waals surface area contributed by atoms with Crippen LogP contribution in [0.2, 0.25) is 0 Å². The fourth-order valence-corrected chi connectivity index (χ4v) is 2.38. The highest BCUT2D eigenvalue weighted by Crippen LogP contribution is 2.28. The fourth-order valence-electron chi connectivity index (χ4n) is 2.38. The molecule has 29 heavy (non-hydrogen) atoms. The Kier molecular flexibility index (Phi) is 8.27. The number of rotatable bonds is 10. The molecule has 0 atom stereocenters. The highest BCUT2D eigenvalue weighted by Gasteiger charge is 2.07. The van der Waals surface area contributed by atoms with Gasteiger partial charge in [0.15, 0.2) is 23.9 Å². The van der Waals surface area contributed by atoms with Gasteiger partial charge in [-0.3, -0.25) is 9.59 Å². The minimum atomic E-state index is -0.133. The number of carbonyl (C=O) groups is 2. The van der Waals surface area contributed by atoms with E-state index in [1.165, 1.54) is 11.0 Å². The number of hydrogen-bond donors (Lipinski definition) is 0. The smallest absolute Gasteiger partial charge is 0.259 e. The molecule has 2 aromatic carbocycles. The topological polar surface area (TPSA) is 65.1 Å². The number of ether oxygens (including phenoxy) is 3. The van der Waals surface area contributed by atoms with Gasteiger partial charge in [-0.05, 0) is 54.5 Å². The predicted molar refractivity (Wildman–Crippen MR) is 113 cm³/mol. The maximum atomic E-state index is 12.4. The first-order chi connectivity index (χ1) is 13.9.